The van der Waals surface area contributed by atoms with E-state index in [1.54, 1.807) is 0 Å². The van der Waals surface area contributed by atoms with Crippen molar-refractivity contribution in [3.63, 3.8) is 0 Å². The van der Waals surface area contributed by atoms with E-state index in [1.807, 2.05) is 43.0 Å². The van der Waals surface area contributed by atoms with E-state index in [4.69, 9.17) is 0 Å². The maximum atomic E-state index is 12.4. The first-order valence-corrected chi connectivity index (χ1v) is 7.36. The molecule has 19 heavy (non-hydrogen) atoms. The normalized spacial score (nSPS) is 16.1. The van der Waals surface area contributed by atoms with Gasteiger partial charge in [-0.25, -0.2) is 4.79 Å². The van der Waals surface area contributed by atoms with E-state index in [1.165, 1.54) is 19.3 Å². The summed E-state index contributed by atoms with van der Waals surface area (Å²) in [7, 11) is 0. The van der Waals surface area contributed by atoms with Gasteiger partial charge in [-0.15, -0.1) is 0 Å². The van der Waals surface area contributed by atoms with Gasteiger partial charge in [-0.1, -0.05) is 37.5 Å². The summed E-state index contributed by atoms with van der Waals surface area (Å²) in [5, 5.41) is 3.18. The molecule has 0 unspecified atom stereocenters. The van der Waals surface area contributed by atoms with E-state index in [0.717, 1.165) is 24.1 Å². The van der Waals surface area contributed by atoms with Crippen molar-refractivity contribution in [3.05, 3.63) is 29.8 Å². The second kappa shape index (κ2) is 6.60. The Balaban J connectivity index is 2.04. The lowest BCUT2D eigenvalue weighted by atomic mass is 9.96. The molecule has 3 nitrogen and oxygen atoms in total. The van der Waals surface area contributed by atoms with Crippen LogP contribution in [0.3, 0.4) is 0 Å². The van der Waals surface area contributed by atoms with E-state index in [0.29, 0.717) is 12.6 Å². The van der Waals surface area contributed by atoms with E-state index < -0.39 is 0 Å². The molecule has 3 heteroatoms. The van der Waals surface area contributed by atoms with Crippen LogP contribution in [-0.2, 0) is 0 Å². The summed E-state index contributed by atoms with van der Waals surface area (Å²) in [4.78, 5) is 14.2. The number of nitrogens with one attached hydrogen (secondary N) is 1. The molecule has 0 atom stereocenters. The molecule has 0 saturated heterocycles. The monoisotopic (exact) mass is 260 g/mol. The van der Waals surface area contributed by atoms with Crippen molar-refractivity contribution in [1.82, 2.24) is 5.32 Å². The van der Waals surface area contributed by atoms with E-state index in [-0.39, 0.29) is 6.03 Å². The molecule has 0 heterocycles. The Morgan fingerprint density at radius 2 is 1.95 bits per heavy atom. The van der Waals surface area contributed by atoms with Crippen LogP contribution >= 0.6 is 0 Å². The minimum atomic E-state index is 0.0451. The number of hydrogen-bond acceptors (Lipinski definition) is 1. The second-order valence-electron chi connectivity index (χ2n) is 5.32. The molecule has 1 saturated carbocycles. The van der Waals surface area contributed by atoms with Crippen molar-refractivity contribution in [2.45, 2.75) is 52.0 Å². The Morgan fingerprint density at radius 3 is 2.58 bits per heavy atom. The standard InChI is InChI=1S/C16H24N2O/c1-3-18(15-12-8-7-9-13(15)2)16(19)17-14-10-5-4-6-11-14/h7-9,12,14H,3-6,10-11H2,1-2H3,(H,17,19). The molecule has 1 aromatic rings. The number of hydrogen-bond donors (Lipinski definition) is 1. The van der Waals surface area contributed by atoms with Crippen LogP contribution in [0.2, 0.25) is 0 Å². The Morgan fingerprint density at radius 1 is 1.26 bits per heavy atom. The minimum absolute atomic E-state index is 0.0451. The van der Waals surface area contributed by atoms with Gasteiger partial charge in [0.15, 0.2) is 0 Å². The fraction of sp³-hybridized carbons (Fsp3) is 0.562. The van der Waals surface area contributed by atoms with E-state index >= 15 is 0 Å². The molecule has 1 N–H and O–H groups in total. The zero-order valence-electron chi connectivity index (χ0n) is 12.0. The number of carbonyl (C=O) groups is 1. The molecule has 0 aliphatic heterocycles. The molecule has 2 amide bonds. The van der Waals surface area contributed by atoms with Crippen LogP contribution in [-0.4, -0.2) is 18.6 Å². The van der Waals surface area contributed by atoms with Gasteiger partial charge in [-0.05, 0) is 38.3 Å². The molecule has 1 aliphatic rings. The number of para-hydroxylation sites is 1. The van der Waals surface area contributed by atoms with Gasteiger partial charge in [0.1, 0.15) is 0 Å². The minimum Gasteiger partial charge on any atom is -0.335 e. The van der Waals surface area contributed by atoms with Crippen LogP contribution in [0.5, 0.6) is 0 Å². The highest BCUT2D eigenvalue weighted by molar-refractivity contribution is 5.92. The lowest BCUT2D eigenvalue weighted by molar-refractivity contribution is 0.238. The number of anilines is 1. The summed E-state index contributed by atoms with van der Waals surface area (Å²) < 4.78 is 0. The Hall–Kier alpha value is -1.51. The lowest BCUT2D eigenvalue weighted by Crippen LogP contribution is -2.45. The van der Waals surface area contributed by atoms with Gasteiger partial charge in [0.25, 0.3) is 0 Å². The molecule has 0 spiro atoms. The van der Waals surface area contributed by atoms with Crippen molar-refractivity contribution < 1.29 is 4.79 Å². The highest BCUT2D eigenvalue weighted by Gasteiger charge is 2.20. The summed E-state index contributed by atoms with van der Waals surface area (Å²) in [6.07, 6.45) is 6.03. The zero-order valence-corrected chi connectivity index (χ0v) is 12.0. The fourth-order valence-electron chi connectivity index (χ4n) is 2.79. The SMILES string of the molecule is CCN(C(=O)NC1CCCCC1)c1ccccc1C. The average molecular weight is 260 g/mol. The third kappa shape index (κ3) is 3.49. The van der Waals surface area contributed by atoms with Gasteiger partial charge in [-0.2, -0.15) is 0 Å². The first kappa shape index (κ1) is 13.9. The Kier molecular flexibility index (Phi) is 4.83. The summed E-state index contributed by atoms with van der Waals surface area (Å²) >= 11 is 0. The van der Waals surface area contributed by atoms with E-state index in [2.05, 4.69) is 5.32 Å². The molecular formula is C16H24N2O. The van der Waals surface area contributed by atoms with Gasteiger partial charge in [0, 0.05) is 18.3 Å². The van der Waals surface area contributed by atoms with Crippen molar-refractivity contribution in [1.29, 1.82) is 0 Å². The predicted molar refractivity (Wildman–Crippen MR) is 79.6 cm³/mol. The highest BCUT2D eigenvalue weighted by Crippen LogP contribution is 2.21. The third-order valence-electron chi connectivity index (χ3n) is 3.90. The summed E-state index contributed by atoms with van der Waals surface area (Å²) in [6, 6.07) is 8.46. The summed E-state index contributed by atoms with van der Waals surface area (Å²) in [5.74, 6) is 0. The van der Waals surface area contributed by atoms with Gasteiger partial charge >= 0.3 is 6.03 Å². The van der Waals surface area contributed by atoms with Gasteiger partial charge < -0.3 is 5.32 Å². The Bertz CT molecular complexity index is 425. The number of nitrogens with zero attached hydrogens (tertiary/aromatic N) is 1. The van der Waals surface area contributed by atoms with Crippen molar-refractivity contribution in [2.75, 3.05) is 11.4 Å². The Labute approximate surface area is 116 Å². The summed E-state index contributed by atoms with van der Waals surface area (Å²) in [5.41, 5.74) is 2.15. The number of amides is 2. The van der Waals surface area contributed by atoms with Crippen LogP contribution in [0.25, 0.3) is 0 Å². The predicted octanol–water partition coefficient (Wildman–Crippen LogP) is 3.86. The number of benzene rings is 1. The molecule has 104 valence electrons. The average Bonchev–Trinajstić information content (AvgIpc) is 2.43. The second-order valence-corrected chi connectivity index (χ2v) is 5.32. The number of aryl methyl sites for hydroxylation is 1. The molecule has 1 aromatic carbocycles. The van der Waals surface area contributed by atoms with Crippen LogP contribution < -0.4 is 10.2 Å². The van der Waals surface area contributed by atoms with Crippen molar-refractivity contribution >= 4 is 11.7 Å². The number of carbonyl (C=O) groups excluding carboxylic acids is 1. The van der Waals surface area contributed by atoms with Crippen LogP contribution in [0.4, 0.5) is 10.5 Å². The topological polar surface area (TPSA) is 32.3 Å². The van der Waals surface area contributed by atoms with Gasteiger partial charge in [0.2, 0.25) is 0 Å². The van der Waals surface area contributed by atoms with Gasteiger partial charge in [0.05, 0.1) is 0 Å². The quantitative estimate of drug-likeness (QED) is 0.879. The molecule has 1 aliphatic carbocycles. The number of urea groups is 1. The molecule has 0 aromatic heterocycles. The summed E-state index contributed by atoms with van der Waals surface area (Å²) in [6.45, 7) is 4.77. The first-order chi connectivity index (χ1) is 9.22. The van der Waals surface area contributed by atoms with Crippen molar-refractivity contribution in [3.8, 4) is 0 Å². The third-order valence-corrected chi connectivity index (χ3v) is 3.90. The van der Waals surface area contributed by atoms with Crippen LogP contribution in [0.15, 0.2) is 24.3 Å². The fourth-order valence-corrected chi connectivity index (χ4v) is 2.79. The van der Waals surface area contributed by atoms with E-state index in [9.17, 15) is 4.79 Å². The molecule has 2 rings (SSSR count). The maximum Gasteiger partial charge on any atom is 0.322 e. The van der Waals surface area contributed by atoms with Gasteiger partial charge in [-0.3, -0.25) is 4.90 Å². The molecule has 1 fully saturated rings. The smallest absolute Gasteiger partial charge is 0.322 e. The maximum absolute atomic E-state index is 12.4. The largest absolute Gasteiger partial charge is 0.335 e. The highest BCUT2D eigenvalue weighted by atomic mass is 16.2. The molecule has 0 radical (unpaired) electrons. The lowest BCUT2D eigenvalue weighted by Gasteiger charge is -2.28. The van der Waals surface area contributed by atoms with Crippen molar-refractivity contribution in [2.24, 2.45) is 0 Å². The molecule has 0 bridgehead atoms. The number of rotatable bonds is 3. The first-order valence-electron chi connectivity index (χ1n) is 7.36. The molecular weight excluding hydrogens is 236 g/mol. The van der Waals surface area contributed by atoms with Crippen LogP contribution in [0.1, 0.15) is 44.6 Å². The zero-order chi connectivity index (χ0) is 13.7. The van der Waals surface area contributed by atoms with Crippen LogP contribution in [0, 0.1) is 6.92 Å².